The number of aliphatic carboxylic acids is 1. The summed E-state index contributed by atoms with van der Waals surface area (Å²) in [6, 6.07) is 7.51. The van der Waals surface area contributed by atoms with Gasteiger partial charge in [-0.15, -0.1) is 0 Å². The summed E-state index contributed by atoms with van der Waals surface area (Å²) in [4.78, 5) is 22.4. The average molecular weight is 287 g/mol. The summed E-state index contributed by atoms with van der Waals surface area (Å²) in [5.41, 5.74) is 1.79. The van der Waals surface area contributed by atoms with E-state index in [0.717, 1.165) is 17.2 Å². The summed E-state index contributed by atoms with van der Waals surface area (Å²) in [7, 11) is 0. The second-order valence-electron chi connectivity index (χ2n) is 5.55. The van der Waals surface area contributed by atoms with E-state index in [1.807, 2.05) is 24.3 Å². The van der Waals surface area contributed by atoms with Crippen LogP contribution in [0.25, 0.3) is 6.08 Å². The van der Waals surface area contributed by atoms with Crippen LogP contribution in [0.3, 0.4) is 0 Å². The molecule has 21 heavy (non-hydrogen) atoms. The zero-order valence-corrected chi connectivity index (χ0v) is 12.0. The molecule has 0 saturated heterocycles. The van der Waals surface area contributed by atoms with Crippen LogP contribution < -0.4 is 5.32 Å². The molecule has 1 aromatic carbocycles. The molecule has 2 N–H and O–H groups in total. The maximum Gasteiger partial charge on any atom is 0.328 e. The molecule has 1 aliphatic rings. The number of rotatable bonds is 6. The first-order chi connectivity index (χ1) is 10.1. The lowest BCUT2D eigenvalue weighted by atomic mass is 10.0. The second kappa shape index (κ2) is 7.62. The molecule has 1 fully saturated rings. The van der Waals surface area contributed by atoms with Crippen LogP contribution in [0.4, 0.5) is 0 Å². The van der Waals surface area contributed by atoms with Crippen molar-refractivity contribution < 1.29 is 14.7 Å². The van der Waals surface area contributed by atoms with Crippen molar-refractivity contribution in [2.75, 3.05) is 0 Å². The lowest BCUT2D eigenvalue weighted by Gasteiger charge is -2.10. The maximum atomic E-state index is 11.9. The Morgan fingerprint density at radius 3 is 2.76 bits per heavy atom. The first kappa shape index (κ1) is 15.3. The van der Waals surface area contributed by atoms with E-state index in [1.165, 1.54) is 25.7 Å². The fourth-order valence-electron chi connectivity index (χ4n) is 2.72. The summed E-state index contributed by atoms with van der Waals surface area (Å²) in [6.07, 6.45) is 8.11. The fraction of sp³-hybridized carbons (Fsp3) is 0.412. The third-order valence-electron chi connectivity index (χ3n) is 3.81. The van der Waals surface area contributed by atoms with E-state index >= 15 is 0 Å². The van der Waals surface area contributed by atoms with Gasteiger partial charge in [-0.1, -0.05) is 31.0 Å². The van der Waals surface area contributed by atoms with Gasteiger partial charge in [0.2, 0.25) is 5.91 Å². The van der Waals surface area contributed by atoms with Crippen LogP contribution in [-0.2, 0) is 16.1 Å². The van der Waals surface area contributed by atoms with Gasteiger partial charge in [-0.25, -0.2) is 4.79 Å². The first-order valence-corrected chi connectivity index (χ1v) is 7.40. The number of hydrogen-bond acceptors (Lipinski definition) is 2. The predicted molar refractivity (Wildman–Crippen MR) is 81.5 cm³/mol. The van der Waals surface area contributed by atoms with E-state index in [0.29, 0.717) is 18.9 Å². The van der Waals surface area contributed by atoms with E-state index in [4.69, 9.17) is 5.11 Å². The molecule has 1 saturated carbocycles. The number of hydrogen-bond donors (Lipinski definition) is 2. The second-order valence-corrected chi connectivity index (χ2v) is 5.55. The Kier molecular flexibility index (Phi) is 5.55. The van der Waals surface area contributed by atoms with E-state index in [1.54, 1.807) is 6.08 Å². The smallest absolute Gasteiger partial charge is 0.328 e. The van der Waals surface area contributed by atoms with Crippen molar-refractivity contribution >= 4 is 18.0 Å². The van der Waals surface area contributed by atoms with Gasteiger partial charge in [0.1, 0.15) is 0 Å². The highest BCUT2D eigenvalue weighted by atomic mass is 16.4. The summed E-state index contributed by atoms with van der Waals surface area (Å²) < 4.78 is 0. The Hall–Kier alpha value is -2.10. The molecule has 1 aliphatic carbocycles. The molecule has 0 aliphatic heterocycles. The lowest BCUT2D eigenvalue weighted by Crippen LogP contribution is -2.24. The molecule has 0 unspecified atom stereocenters. The standard InChI is InChI=1S/C17H21NO3/c19-16(11-13-4-1-2-5-13)18-12-15-7-3-6-14(10-15)8-9-17(20)21/h3,6-10,13H,1-2,4-5,11-12H2,(H,18,19)(H,20,21). The molecule has 1 aromatic rings. The molecule has 4 heteroatoms. The third-order valence-corrected chi connectivity index (χ3v) is 3.81. The molecule has 0 atom stereocenters. The van der Waals surface area contributed by atoms with Crippen LogP contribution in [0.2, 0.25) is 0 Å². The zero-order chi connectivity index (χ0) is 15.1. The molecule has 1 amide bonds. The van der Waals surface area contributed by atoms with Gasteiger partial charge in [0.15, 0.2) is 0 Å². The molecule has 2 rings (SSSR count). The minimum Gasteiger partial charge on any atom is -0.478 e. The van der Waals surface area contributed by atoms with Gasteiger partial charge >= 0.3 is 5.97 Å². The molecule has 4 nitrogen and oxygen atoms in total. The van der Waals surface area contributed by atoms with Crippen molar-refractivity contribution in [3.05, 3.63) is 41.5 Å². The number of carboxylic acid groups (broad SMARTS) is 1. The SMILES string of the molecule is O=C(O)C=Cc1cccc(CNC(=O)CC2CCCC2)c1. The number of carboxylic acids is 1. The van der Waals surface area contributed by atoms with Crippen molar-refractivity contribution in [1.29, 1.82) is 0 Å². The molecule has 112 valence electrons. The normalized spacial score (nSPS) is 15.4. The van der Waals surface area contributed by atoms with E-state index in [9.17, 15) is 9.59 Å². The van der Waals surface area contributed by atoms with E-state index in [-0.39, 0.29) is 5.91 Å². The van der Waals surface area contributed by atoms with Crippen molar-refractivity contribution in [2.45, 2.75) is 38.6 Å². The zero-order valence-electron chi connectivity index (χ0n) is 12.0. The van der Waals surface area contributed by atoms with Gasteiger partial charge in [0, 0.05) is 19.0 Å². The van der Waals surface area contributed by atoms with Gasteiger partial charge in [-0.05, 0) is 42.0 Å². The minimum absolute atomic E-state index is 0.105. The fourth-order valence-corrected chi connectivity index (χ4v) is 2.72. The Bertz CT molecular complexity index is 531. The van der Waals surface area contributed by atoms with Crippen LogP contribution in [-0.4, -0.2) is 17.0 Å². The maximum absolute atomic E-state index is 11.9. The third kappa shape index (κ3) is 5.42. The topological polar surface area (TPSA) is 66.4 Å². The molecule has 0 bridgehead atoms. The molecule has 0 heterocycles. The number of carbonyl (C=O) groups excluding carboxylic acids is 1. The Labute approximate surface area is 124 Å². The quantitative estimate of drug-likeness (QED) is 0.790. The monoisotopic (exact) mass is 287 g/mol. The number of amides is 1. The van der Waals surface area contributed by atoms with E-state index in [2.05, 4.69) is 5.32 Å². The summed E-state index contributed by atoms with van der Waals surface area (Å²) in [6.45, 7) is 0.486. The van der Waals surface area contributed by atoms with Crippen LogP contribution in [0, 0.1) is 5.92 Å². The van der Waals surface area contributed by atoms with Crippen LogP contribution in [0.1, 0.15) is 43.2 Å². The van der Waals surface area contributed by atoms with Gasteiger partial charge in [-0.3, -0.25) is 4.79 Å². The van der Waals surface area contributed by atoms with Crippen LogP contribution >= 0.6 is 0 Å². The lowest BCUT2D eigenvalue weighted by molar-refractivity contribution is -0.131. The highest BCUT2D eigenvalue weighted by molar-refractivity contribution is 5.85. The molecule has 0 radical (unpaired) electrons. The average Bonchev–Trinajstić information content (AvgIpc) is 2.96. The van der Waals surface area contributed by atoms with Crippen molar-refractivity contribution in [2.24, 2.45) is 5.92 Å². The van der Waals surface area contributed by atoms with Gasteiger partial charge in [-0.2, -0.15) is 0 Å². The number of carbonyl (C=O) groups is 2. The van der Waals surface area contributed by atoms with Gasteiger partial charge in [0.05, 0.1) is 0 Å². The number of nitrogens with one attached hydrogen (secondary N) is 1. The molecule has 0 aromatic heterocycles. The van der Waals surface area contributed by atoms with Crippen molar-refractivity contribution in [1.82, 2.24) is 5.32 Å². The molecular formula is C17H21NO3. The molecule has 0 spiro atoms. The minimum atomic E-state index is -0.967. The highest BCUT2D eigenvalue weighted by Crippen LogP contribution is 2.27. The van der Waals surface area contributed by atoms with Crippen LogP contribution in [0.15, 0.2) is 30.3 Å². The highest BCUT2D eigenvalue weighted by Gasteiger charge is 2.17. The van der Waals surface area contributed by atoms with Crippen LogP contribution in [0.5, 0.6) is 0 Å². The Balaban J connectivity index is 1.83. The summed E-state index contributed by atoms with van der Waals surface area (Å²) in [5.74, 6) is -0.312. The largest absolute Gasteiger partial charge is 0.478 e. The Morgan fingerprint density at radius 2 is 2.05 bits per heavy atom. The van der Waals surface area contributed by atoms with Crippen molar-refractivity contribution in [3.63, 3.8) is 0 Å². The van der Waals surface area contributed by atoms with E-state index < -0.39 is 5.97 Å². The van der Waals surface area contributed by atoms with Gasteiger partial charge in [0.25, 0.3) is 0 Å². The van der Waals surface area contributed by atoms with Crippen molar-refractivity contribution in [3.8, 4) is 0 Å². The summed E-state index contributed by atoms with van der Waals surface area (Å²) in [5, 5.41) is 11.6. The summed E-state index contributed by atoms with van der Waals surface area (Å²) >= 11 is 0. The Morgan fingerprint density at radius 1 is 1.29 bits per heavy atom. The van der Waals surface area contributed by atoms with Gasteiger partial charge < -0.3 is 10.4 Å². The molecular weight excluding hydrogens is 266 g/mol. The first-order valence-electron chi connectivity index (χ1n) is 7.40. The number of benzene rings is 1. The predicted octanol–water partition coefficient (Wildman–Crippen LogP) is 2.98.